The molecule has 0 saturated carbocycles. The van der Waals surface area contributed by atoms with Crippen molar-refractivity contribution in [3.8, 4) is 11.5 Å². The zero-order valence-corrected chi connectivity index (χ0v) is 14.9. The lowest BCUT2D eigenvalue weighted by Gasteiger charge is -2.13. The first-order chi connectivity index (χ1) is 11.9. The molecule has 1 aliphatic heterocycles. The van der Waals surface area contributed by atoms with Gasteiger partial charge in [-0.3, -0.25) is 9.59 Å². The number of aliphatic carboxylic acids is 1. The molecular formula is C16H19N3O5S. The van der Waals surface area contributed by atoms with E-state index < -0.39 is 11.2 Å². The Hall–Kier alpha value is -2.55. The summed E-state index contributed by atoms with van der Waals surface area (Å²) in [6.07, 6.45) is 1.25. The molecule has 1 atom stereocenters. The summed E-state index contributed by atoms with van der Waals surface area (Å²) in [6.45, 7) is 3.83. The van der Waals surface area contributed by atoms with Crippen LogP contribution in [0.3, 0.4) is 0 Å². The van der Waals surface area contributed by atoms with Crippen LogP contribution in [0.5, 0.6) is 11.5 Å². The molecule has 1 unspecified atom stereocenters. The number of amidine groups is 1. The summed E-state index contributed by atoms with van der Waals surface area (Å²) in [7, 11) is 1.57. The minimum Gasteiger partial charge on any atom is -0.493 e. The first kappa shape index (κ1) is 18.8. The van der Waals surface area contributed by atoms with Crippen LogP contribution in [0.15, 0.2) is 28.4 Å². The number of nitrogens with one attached hydrogen (secondary N) is 1. The molecule has 2 rings (SSSR count). The molecule has 1 saturated heterocycles. The summed E-state index contributed by atoms with van der Waals surface area (Å²) in [6, 6.07) is 5.33. The summed E-state index contributed by atoms with van der Waals surface area (Å²) >= 11 is 1.05. The molecule has 1 heterocycles. The topological polar surface area (TPSA) is 110 Å². The third kappa shape index (κ3) is 5.49. The fraction of sp³-hybridized carbons (Fsp3) is 0.375. The second-order valence-electron chi connectivity index (χ2n) is 5.42. The van der Waals surface area contributed by atoms with Gasteiger partial charge in [-0.1, -0.05) is 11.8 Å². The highest BCUT2D eigenvalue weighted by molar-refractivity contribution is 8.15. The van der Waals surface area contributed by atoms with Crippen LogP contribution in [-0.4, -0.2) is 46.8 Å². The van der Waals surface area contributed by atoms with Crippen molar-refractivity contribution in [3.63, 3.8) is 0 Å². The number of methoxy groups -OCH3 is 1. The van der Waals surface area contributed by atoms with Crippen molar-refractivity contribution in [1.82, 2.24) is 5.32 Å². The van der Waals surface area contributed by atoms with E-state index >= 15 is 0 Å². The molecule has 0 aromatic heterocycles. The highest BCUT2D eigenvalue weighted by atomic mass is 32.2. The maximum absolute atomic E-state index is 11.6. The predicted octanol–water partition coefficient (Wildman–Crippen LogP) is 1.88. The van der Waals surface area contributed by atoms with Gasteiger partial charge in [0.25, 0.3) is 0 Å². The van der Waals surface area contributed by atoms with Gasteiger partial charge in [0.15, 0.2) is 16.7 Å². The van der Waals surface area contributed by atoms with E-state index in [1.165, 1.54) is 6.21 Å². The number of nitrogens with zero attached hydrogens (tertiary/aromatic N) is 2. The lowest BCUT2D eigenvalue weighted by atomic mass is 10.2. The van der Waals surface area contributed by atoms with Gasteiger partial charge in [-0.2, -0.15) is 5.10 Å². The van der Waals surface area contributed by atoms with Gasteiger partial charge in [-0.25, -0.2) is 0 Å². The quantitative estimate of drug-likeness (QED) is 0.564. The highest BCUT2D eigenvalue weighted by Crippen LogP contribution is 2.28. The number of hydrogen-bond acceptors (Lipinski definition) is 7. The standard InChI is InChI=1S/C16H19N3O5S/c1-9(2)24-12-6-10(4-5-11(12)23-3)8-17-19-16-18-15(22)13(25-16)7-14(20)21/h4-6,8-9,13H,7H2,1-3H3,(H,20,21)(H,18,19,22). The van der Waals surface area contributed by atoms with Gasteiger partial charge in [-0.05, 0) is 37.6 Å². The van der Waals surface area contributed by atoms with Crippen molar-refractivity contribution in [1.29, 1.82) is 0 Å². The van der Waals surface area contributed by atoms with Crippen LogP contribution in [0, 0.1) is 0 Å². The third-order valence-electron chi connectivity index (χ3n) is 3.04. The number of carboxylic acid groups (broad SMARTS) is 1. The van der Waals surface area contributed by atoms with E-state index in [0.717, 1.165) is 17.3 Å². The van der Waals surface area contributed by atoms with E-state index in [1.54, 1.807) is 25.3 Å². The van der Waals surface area contributed by atoms with Crippen LogP contribution in [0.2, 0.25) is 0 Å². The number of hydrogen-bond donors (Lipinski definition) is 2. The van der Waals surface area contributed by atoms with Crippen LogP contribution in [0.1, 0.15) is 25.8 Å². The van der Waals surface area contributed by atoms with Gasteiger partial charge >= 0.3 is 5.97 Å². The fourth-order valence-electron chi connectivity index (χ4n) is 2.01. The van der Waals surface area contributed by atoms with Crippen LogP contribution in [-0.2, 0) is 9.59 Å². The first-order valence-electron chi connectivity index (χ1n) is 7.54. The molecule has 1 aliphatic rings. The molecule has 1 aromatic carbocycles. The molecule has 2 N–H and O–H groups in total. The second-order valence-corrected chi connectivity index (χ2v) is 6.61. The Morgan fingerprint density at radius 1 is 1.44 bits per heavy atom. The molecule has 134 valence electrons. The van der Waals surface area contributed by atoms with Crippen molar-refractivity contribution in [3.05, 3.63) is 23.8 Å². The molecule has 0 aliphatic carbocycles. The van der Waals surface area contributed by atoms with Gasteiger partial charge in [0.1, 0.15) is 5.25 Å². The Morgan fingerprint density at radius 2 is 2.20 bits per heavy atom. The van der Waals surface area contributed by atoms with E-state index in [4.69, 9.17) is 14.6 Å². The second kappa shape index (κ2) is 8.52. The number of benzene rings is 1. The molecular weight excluding hydrogens is 346 g/mol. The minimum absolute atomic E-state index is 0.00222. The average Bonchev–Trinajstić information content (AvgIpc) is 2.86. The fourth-order valence-corrected chi connectivity index (χ4v) is 2.93. The SMILES string of the molecule is COc1ccc(C=NN=C2NC(=O)C(CC(=O)O)S2)cc1OC(C)C. The Kier molecular flexibility index (Phi) is 6.40. The Bertz CT molecular complexity index is 718. The Balaban J connectivity index is 2.07. The zero-order chi connectivity index (χ0) is 18.4. The van der Waals surface area contributed by atoms with E-state index in [2.05, 4.69) is 15.5 Å². The minimum atomic E-state index is -1.03. The summed E-state index contributed by atoms with van der Waals surface area (Å²) in [5.41, 5.74) is 0.747. The third-order valence-corrected chi connectivity index (χ3v) is 4.11. The monoisotopic (exact) mass is 365 g/mol. The molecule has 0 spiro atoms. The molecule has 8 nitrogen and oxygen atoms in total. The largest absolute Gasteiger partial charge is 0.493 e. The molecule has 1 amide bonds. The maximum atomic E-state index is 11.6. The van der Waals surface area contributed by atoms with Gasteiger partial charge in [0, 0.05) is 0 Å². The number of ether oxygens (including phenoxy) is 2. The van der Waals surface area contributed by atoms with Crippen molar-refractivity contribution in [2.45, 2.75) is 31.6 Å². The lowest BCUT2D eigenvalue weighted by Crippen LogP contribution is -2.26. The Morgan fingerprint density at radius 3 is 2.84 bits per heavy atom. The van der Waals surface area contributed by atoms with Gasteiger partial charge < -0.3 is 19.9 Å². The number of amides is 1. The lowest BCUT2D eigenvalue weighted by molar-refractivity contribution is -0.138. The van der Waals surface area contributed by atoms with Crippen LogP contribution >= 0.6 is 11.8 Å². The van der Waals surface area contributed by atoms with E-state index in [-0.39, 0.29) is 23.6 Å². The van der Waals surface area contributed by atoms with E-state index in [9.17, 15) is 9.59 Å². The van der Waals surface area contributed by atoms with Crippen LogP contribution in [0.25, 0.3) is 0 Å². The first-order valence-corrected chi connectivity index (χ1v) is 8.42. The summed E-state index contributed by atoms with van der Waals surface area (Å²) < 4.78 is 10.9. The van der Waals surface area contributed by atoms with Crippen LogP contribution in [0.4, 0.5) is 0 Å². The maximum Gasteiger partial charge on any atom is 0.305 e. The average molecular weight is 365 g/mol. The van der Waals surface area contributed by atoms with Crippen molar-refractivity contribution < 1.29 is 24.2 Å². The molecule has 1 aromatic rings. The van der Waals surface area contributed by atoms with Crippen molar-refractivity contribution in [2.75, 3.05) is 7.11 Å². The normalized spacial score (nSPS) is 18.8. The smallest absolute Gasteiger partial charge is 0.305 e. The highest BCUT2D eigenvalue weighted by Gasteiger charge is 2.32. The molecule has 25 heavy (non-hydrogen) atoms. The van der Waals surface area contributed by atoms with Crippen LogP contribution < -0.4 is 14.8 Å². The van der Waals surface area contributed by atoms with E-state index in [1.807, 2.05) is 13.8 Å². The predicted molar refractivity (Wildman–Crippen MR) is 95.6 cm³/mol. The number of carboxylic acids is 1. The molecule has 0 bridgehead atoms. The van der Waals surface area contributed by atoms with Gasteiger partial charge in [0.05, 0.1) is 25.8 Å². The summed E-state index contributed by atoms with van der Waals surface area (Å²) in [4.78, 5) is 22.3. The van der Waals surface area contributed by atoms with Crippen molar-refractivity contribution in [2.24, 2.45) is 10.2 Å². The molecule has 9 heteroatoms. The summed E-state index contributed by atoms with van der Waals surface area (Å²) in [5, 5.41) is 18.7. The Labute approximate surface area is 149 Å². The number of thioether (sulfide) groups is 1. The van der Waals surface area contributed by atoms with Crippen molar-refractivity contribution >= 4 is 35.0 Å². The molecule has 0 radical (unpaired) electrons. The molecule has 1 fully saturated rings. The van der Waals surface area contributed by atoms with Gasteiger partial charge in [-0.15, -0.1) is 5.10 Å². The number of carbonyl (C=O) groups is 2. The summed E-state index contributed by atoms with van der Waals surface area (Å²) in [5.74, 6) is -0.196. The van der Waals surface area contributed by atoms with E-state index in [0.29, 0.717) is 11.5 Å². The zero-order valence-electron chi connectivity index (χ0n) is 14.1. The van der Waals surface area contributed by atoms with Gasteiger partial charge in [0.2, 0.25) is 5.91 Å². The number of carbonyl (C=O) groups excluding carboxylic acids is 1. The number of rotatable bonds is 7.